The minimum atomic E-state index is 0.616. The third-order valence-electron chi connectivity index (χ3n) is 2.22. The molecule has 0 bridgehead atoms. The SMILES string of the molecule is ClCCCc1nc(CSc2ccc(Br)cc2)no1. The number of aromatic nitrogens is 2. The lowest BCUT2D eigenvalue weighted by atomic mass is 10.3. The standard InChI is InChI=1S/C12H12BrClN2OS/c13-9-3-5-10(6-4-9)18-8-11-15-12(17-16-11)2-1-7-14/h3-6H,1-2,7-8H2. The van der Waals surface area contributed by atoms with E-state index in [2.05, 4.69) is 38.2 Å². The zero-order valence-corrected chi connectivity index (χ0v) is 12.8. The van der Waals surface area contributed by atoms with E-state index in [0.717, 1.165) is 23.1 Å². The van der Waals surface area contributed by atoms with Gasteiger partial charge in [0.15, 0.2) is 5.82 Å². The van der Waals surface area contributed by atoms with E-state index in [1.165, 1.54) is 4.90 Å². The molecule has 0 radical (unpaired) electrons. The highest BCUT2D eigenvalue weighted by atomic mass is 79.9. The van der Waals surface area contributed by atoms with Crippen molar-refractivity contribution < 1.29 is 4.52 Å². The van der Waals surface area contributed by atoms with Crippen LogP contribution in [0.5, 0.6) is 0 Å². The summed E-state index contributed by atoms with van der Waals surface area (Å²) in [6.45, 7) is 0. The van der Waals surface area contributed by atoms with Crippen molar-refractivity contribution in [2.45, 2.75) is 23.5 Å². The van der Waals surface area contributed by atoms with Crippen LogP contribution in [0, 0.1) is 0 Å². The molecule has 96 valence electrons. The second kappa shape index (κ2) is 7.16. The van der Waals surface area contributed by atoms with Crippen LogP contribution in [0.1, 0.15) is 18.1 Å². The molecule has 1 heterocycles. The average Bonchev–Trinajstić information content (AvgIpc) is 2.84. The Morgan fingerprint density at radius 3 is 2.78 bits per heavy atom. The maximum Gasteiger partial charge on any atom is 0.226 e. The molecule has 6 heteroatoms. The fourth-order valence-corrected chi connectivity index (χ4v) is 2.49. The summed E-state index contributed by atoms with van der Waals surface area (Å²) in [6.07, 6.45) is 1.61. The van der Waals surface area contributed by atoms with Crippen LogP contribution in [0.2, 0.25) is 0 Å². The van der Waals surface area contributed by atoms with Crippen molar-refractivity contribution in [2.75, 3.05) is 5.88 Å². The number of thioether (sulfide) groups is 1. The van der Waals surface area contributed by atoms with Gasteiger partial charge in [0.25, 0.3) is 0 Å². The smallest absolute Gasteiger partial charge is 0.226 e. The van der Waals surface area contributed by atoms with E-state index < -0.39 is 0 Å². The lowest BCUT2D eigenvalue weighted by Gasteiger charge is -1.97. The van der Waals surface area contributed by atoms with Crippen LogP contribution in [-0.2, 0) is 12.2 Å². The van der Waals surface area contributed by atoms with Gasteiger partial charge in [-0.3, -0.25) is 0 Å². The fourth-order valence-electron chi connectivity index (χ4n) is 1.35. The van der Waals surface area contributed by atoms with Gasteiger partial charge in [-0.05, 0) is 30.7 Å². The minimum Gasteiger partial charge on any atom is -0.339 e. The van der Waals surface area contributed by atoms with E-state index in [1.807, 2.05) is 12.1 Å². The number of hydrogen-bond donors (Lipinski definition) is 0. The molecule has 0 aliphatic heterocycles. The summed E-state index contributed by atoms with van der Waals surface area (Å²) in [5.41, 5.74) is 0. The van der Waals surface area contributed by atoms with Crippen molar-refractivity contribution in [1.29, 1.82) is 0 Å². The van der Waals surface area contributed by atoms with Gasteiger partial charge < -0.3 is 4.52 Å². The van der Waals surface area contributed by atoms with E-state index in [-0.39, 0.29) is 0 Å². The lowest BCUT2D eigenvalue weighted by Crippen LogP contribution is -1.88. The minimum absolute atomic E-state index is 0.616. The van der Waals surface area contributed by atoms with Crippen molar-refractivity contribution in [3.8, 4) is 0 Å². The Bertz CT molecular complexity index is 489. The maximum atomic E-state index is 5.61. The molecular weight excluding hydrogens is 336 g/mol. The molecule has 0 aliphatic rings. The lowest BCUT2D eigenvalue weighted by molar-refractivity contribution is 0.373. The molecule has 2 rings (SSSR count). The summed E-state index contributed by atoms with van der Waals surface area (Å²) in [7, 11) is 0. The molecule has 1 aromatic carbocycles. The first-order valence-electron chi connectivity index (χ1n) is 5.54. The van der Waals surface area contributed by atoms with Crippen LogP contribution >= 0.6 is 39.3 Å². The molecule has 2 aromatic rings. The number of aryl methyl sites for hydroxylation is 1. The average molecular weight is 348 g/mol. The summed E-state index contributed by atoms with van der Waals surface area (Å²) in [4.78, 5) is 5.50. The van der Waals surface area contributed by atoms with Crippen molar-refractivity contribution in [2.24, 2.45) is 0 Å². The molecule has 0 amide bonds. The normalized spacial score (nSPS) is 10.8. The highest BCUT2D eigenvalue weighted by Gasteiger charge is 2.06. The first-order chi connectivity index (χ1) is 8.78. The first kappa shape index (κ1) is 13.9. The zero-order valence-electron chi connectivity index (χ0n) is 9.60. The van der Waals surface area contributed by atoms with E-state index in [1.54, 1.807) is 11.8 Å². The molecular formula is C12H12BrClN2OS. The number of nitrogens with zero attached hydrogens (tertiary/aromatic N) is 2. The summed E-state index contributed by atoms with van der Waals surface area (Å²) >= 11 is 10.7. The largest absolute Gasteiger partial charge is 0.339 e. The van der Waals surface area contributed by atoms with Gasteiger partial charge in [0.2, 0.25) is 5.89 Å². The summed E-state index contributed by atoms with van der Waals surface area (Å²) in [5, 5.41) is 3.94. The number of hydrogen-bond acceptors (Lipinski definition) is 4. The molecule has 1 aromatic heterocycles. The summed E-state index contributed by atoms with van der Waals surface area (Å²) < 4.78 is 6.21. The maximum absolute atomic E-state index is 5.61. The van der Waals surface area contributed by atoms with Crippen molar-refractivity contribution >= 4 is 39.3 Å². The number of halogens is 2. The Labute approximate surface area is 123 Å². The van der Waals surface area contributed by atoms with Crippen molar-refractivity contribution in [3.05, 3.63) is 40.5 Å². The molecule has 0 saturated carbocycles. The highest BCUT2D eigenvalue weighted by Crippen LogP contribution is 2.23. The van der Waals surface area contributed by atoms with Crippen molar-refractivity contribution in [1.82, 2.24) is 10.1 Å². The first-order valence-corrected chi connectivity index (χ1v) is 7.85. The zero-order chi connectivity index (χ0) is 12.8. The highest BCUT2D eigenvalue weighted by molar-refractivity contribution is 9.10. The van der Waals surface area contributed by atoms with Gasteiger partial charge >= 0.3 is 0 Å². The topological polar surface area (TPSA) is 38.9 Å². The quantitative estimate of drug-likeness (QED) is 0.577. The summed E-state index contributed by atoms with van der Waals surface area (Å²) in [6, 6.07) is 8.15. The van der Waals surface area contributed by atoms with E-state index in [9.17, 15) is 0 Å². The Morgan fingerprint density at radius 2 is 2.06 bits per heavy atom. The van der Waals surface area contributed by atoms with E-state index in [0.29, 0.717) is 17.5 Å². The molecule has 18 heavy (non-hydrogen) atoms. The Morgan fingerprint density at radius 1 is 1.28 bits per heavy atom. The molecule has 0 aliphatic carbocycles. The van der Waals surface area contributed by atoms with Crippen LogP contribution in [0.3, 0.4) is 0 Å². The van der Waals surface area contributed by atoms with Gasteiger partial charge in [-0.15, -0.1) is 23.4 Å². The number of rotatable bonds is 6. The van der Waals surface area contributed by atoms with Crippen molar-refractivity contribution in [3.63, 3.8) is 0 Å². The third-order valence-corrected chi connectivity index (χ3v) is 4.02. The number of alkyl halides is 1. The summed E-state index contributed by atoms with van der Waals surface area (Å²) in [5.74, 6) is 2.73. The van der Waals surface area contributed by atoms with Crippen LogP contribution < -0.4 is 0 Å². The van der Waals surface area contributed by atoms with Gasteiger partial charge in [0, 0.05) is 21.7 Å². The van der Waals surface area contributed by atoms with Crippen LogP contribution in [-0.4, -0.2) is 16.0 Å². The Hall–Kier alpha value is -0.520. The molecule has 0 saturated heterocycles. The molecule has 0 spiro atoms. The Kier molecular flexibility index (Phi) is 5.53. The fraction of sp³-hybridized carbons (Fsp3) is 0.333. The molecule has 0 unspecified atom stereocenters. The molecule has 0 atom stereocenters. The molecule has 3 nitrogen and oxygen atoms in total. The molecule has 0 fully saturated rings. The number of benzene rings is 1. The Balaban J connectivity index is 1.86. The van der Waals surface area contributed by atoms with Gasteiger partial charge in [0.1, 0.15) is 0 Å². The molecule has 0 N–H and O–H groups in total. The predicted molar refractivity (Wildman–Crippen MR) is 77.0 cm³/mol. The van der Waals surface area contributed by atoms with Crippen LogP contribution in [0.4, 0.5) is 0 Å². The second-order valence-electron chi connectivity index (χ2n) is 3.64. The monoisotopic (exact) mass is 346 g/mol. The van der Waals surface area contributed by atoms with Gasteiger partial charge in [-0.1, -0.05) is 21.1 Å². The van der Waals surface area contributed by atoms with Crippen LogP contribution in [0.25, 0.3) is 0 Å². The predicted octanol–water partition coefficient (Wildman–Crippen LogP) is 4.30. The third kappa shape index (κ3) is 4.30. The van der Waals surface area contributed by atoms with Crippen LogP contribution in [0.15, 0.2) is 38.2 Å². The second-order valence-corrected chi connectivity index (χ2v) is 5.98. The van der Waals surface area contributed by atoms with Gasteiger partial charge in [-0.2, -0.15) is 4.98 Å². The van der Waals surface area contributed by atoms with Gasteiger partial charge in [0.05, 0.1) is 5.75 Å². The van der Waals surface area contributed by atoms with E-state index >= 15 is 0 Å². The van der Waals surface area contributed by atoms with Gasteiger partial charge in [-0.25, -0.2) is 0 Å². The van der Waals surface area contributed by atoms with E-state index in [4.69, 9.17) is 16.1 Å².